The van der Waals surface area contributed by atoms with Crippen molar-refractivity contribution >= 4 is 17.4 Å². The summed E-state index contributed by atoms with van der Waals surface area (Å²) < 4.78 is 5.64. The average Bonchev–Trinajstić information content (AvgIpc) is 2.62. The van der Waals surface area contributed by atoms with Gasteiger partial charge in [0, 0.05) is 18.5 Å². The summed E-state index contributed by atoms with van der Waals surface area (Å²) in [6.07, 6.45) is 5.80. The Morgan fingerprint density at radius 3 is 2.88 bits per heavy atom. The summed E-state index contributed by atoms with van der Waals surface area (Å²) in [5.41, 5.74) is 6.85. The lowest BCUT2D eigenvalue weighted by molar-refractivity contribution is -0.117. The number of hydrogen-bond acceptors (Lipinski definition) is 7. The molecule has 25 heavy (non-hydrogen) atoms. The minimum absolute atomic E-state index is 0.174. The third kappa shape index (κ3) is 4.60. The molecule has 0 atom stereocenters. The van der Waals surface area contributed by atoms with E-state index in [2.05, 4.69) is 27.1 Å². The number of piperidine rings is 1. The molecule has 0 amide bonds. The molecule has 0 bridgehead atoms. The predicted molar refractivity (Wildman–Crippen MR) is 98.0 cm³/mol. The zero-order valence-electron chi connectivity index (χ0n) is 15.1. The smallest absolute Gasteiger partial charge is 0.320 e. The summed E-state index contributed by atoms with van der Waals surface area (Å²) in [6.45, 7) is 6.11. The van der Waals surface area contributed by atoms with Gasteiger partial charge >= 0.3 is 6.01 Å². The Morgan fingerprint density at radius 2 is 2.12 bits per heavy atom. The zero-order chi connectivity index (χ0) is 17.6. The maximum atomic E-state index is 12.1. The molecule has 1 fully saturated rings. The van der Waals surface area contributed by atoms with Crippen molar-refractivity contribution in [3.8, 4) is 6.01 Å². The Morgan fingerprint density at radius 1 is 1.32 bits per heavy atom. The first-order valence-corrected chi connectivity index (χ1v) is 9.44. The Balaban J connectivity index is 1.73. The van der Waals surface area contributed by atoms with Crippen molar-refractivity contribution in [1.82, 2.24) is 15.3 Å². The molecule has 0 saturated carbocycles. The van der Waals surface area contributed by atoms with Crippen molar-refractivity contribution in [2.75, 3.05) is 43.4 Å². The van der Waals surface area contributed by atoms with E-state index in [1.54, 1.807) is 0 Å². The van der Waals surface area contributed by atoms with Crippen molar-refractivity contribution < 1.29 is 9.53 Å². The van der Waals surface area contributed by atoms with E-state index in [1.807, 2.05) is 0 Å². The first-order chi connectivity index (χ1) is 12.2. The molecule has 2 aliphatic heterocycles. The maximum Gasteiger partial charge on any atom is 0.320 e. The number of Topliss-reactive ketones (excluding diaryl/α,β-unsaturated/α-hetero) is 1. The highest BCUT2D eigenvalue weighted by atomic mass is 16.5. The second-order valence-corrected chi connectivity index (χ2v) is 7.01. The van der Waals surface area contributed by atoms with Crippen LogP contribution in [0.4, 0.5) is 11.6 Å². The molecule has 0 radical (unpaired) electrons. The number of ketones is 1. The largest absolute Gasteiger partial charge is 0.463 e. The van der Waals surface area contributed by atoms with E-state index in [0.717, 1.165) is 50.3 Å². The SMILES string of the molecule is CCCCOc1nc(N)c2c(n1)N(CCC1CCNCC1)CC(=O)C2. The number of unbranched alkanes of at least 4 members (excludes halogenated alkanes) is 1. The van der Waals surface area contributed by atoms with Gasteiger partial charge in [-0.2, -0.15) is 9.97 Å². The van der Waals surface area contributed by atoms with Crippen LogP contribution in [0.15, 0.2) is 0 Å². The van der Waals surface area contributed by atoms with Crippen molar-refractivity contribution in [2.45, 2.75) is 45.4 Å². The minimum atomic E-state index is 0.174. The molecule has 138 valence electrons. The van der Waals surface area contributed by atoms with Crippen LogP contribution < -0.4 is 20.7 Å². The fraction of sp³-hybridized carbons (Fsp3) is 0.722. The Hall–Kier alpha value is -1.89. The molecular weight excluding hydrogens is 318 g/mol. The molecule has 7 nitrogen and oxygen atoms in total. The number of anilines is 2. The maximum absolute atomic E-state index is 12.1. The highest BCUT2D eigenvalue weighted by Crippen LogP contribution is 2.30. The van der Waals surface area contributed by atoms with E-state index in [9.17, 15) is 4.79 Å². The van der Waals surface area contributed by atoms with Crippen molar-refractivity contribution in [2.24, 2.45) is 5.92 Å². The quantitative estimate of drug-likeness (QED) is 0.723. The first-order valence-electron chi connectivity index (χ1n) is 9.44. The summed E-state index contributed by atoms with van der Waals surface area (Å²) in [6, 6.07) is 0.325. The number of ether oxygens (including phenoxy) is 1. The van der Waals surface area contributed by atoms with Crippen LogP contribution in [0.2, 0.25) is 0 Å². The molecule has 3 rings (SSSR count). The Bertz CT molecular complexity index is 601. The van der Waals surface area contributed by atoms with Gasteiger partial charge in [-0.15, -0.1) is 0 Å². The van der Waals surface area contributed by atoms with Crippen molar-refractivity contribution in [1.29, 1.82) is 0 Å². The first kappa shape index (κ1) is 17.9. The molecule has 2 aliphatic rings. The summed E-state index contributed by atoms with van der Waals surface area (Å²) in [5, 5.41) is 3.39. The van der Waals surface area contributed by atoms with E-state index in [0.29, 0.717) is 37.3 Å². The van der Waals surface area contributed by atoms with Gasteiger partial charge in [-0.05, 0) is 44.7 Å². The molecule has 1 aromatic rings. The normalized spacial score (nSPS) is 18.3. The molecule has 3 N–H and O–H groups in total. The molecule has 1 aromatic heterocycles. The lowest BCUT2D eigenvalue weighted by Crippen LogP contribution is -2.39. The number of nitrogen functional groups attached to an aromatic ring is 1. The van der Waals surface area contributed by atoms with Gasteiger partial charge < -0.3 is 20.7 Å². The molecule has 0 aliphatic carbocycles. The summed E-state index contributed by atoms with van der Waals surface area (Å²) in [5.74, 6) is 2.04. The molecular formula is C18H29N5O2. The Kier molecular flexibility index (Phi) is 6.07. The second-order valence-electron chi connectivity index (χ2n) is 7.01. The van der Waals surface area contributed by atoms with Gasteiger partial charge in [-0.3, -0.25) is 4.79 Å². The highest BCUT2D eigenvalue weighted by molar-refractivity contribution is 5.91. The van der Waals surface area contributed by atoms with E-state index < -0.39 is 0 Å². The van der Waals surface area contributed by atoms with Crippen LogP contribution in [0.1, 0.15) is 44.6 Å². The number of hydrogen-bond donors (Lipinski definition) is 2. The number of nitrogens with one attached hydrogen (secondary N) is 1. The van der Waals surface area contributed by atoms with Crippen LogP contribution in [0.3, 0.4) is 0 Å². The number of carbonyl (C=O) groups excluding carboxylic acids is 1. The molecule has 3 heterocycles. The van der Waals surface area contributed by atoms with Crippen LogP contribution >= 0.6 is 0 Å². The lowest BCUT2D eigenvalue weighted by Gasteiger charge is -2.32. The van der Waals surface area contributed by atoms with E-state index in [1.165, 1.54) is 12.8 Å². The van der Waals surface area contributed by atoms with E-state index in [-0.39, 0.29) is 5.78 Å². The summed E-state index contributed by atoms with van der Waals surface area (Å²) >= 11 is 0. The van der Waals surface area contributed by atoms with Gasteiger partial charge in [-0.25, -0.2) is 0 Å². The van der Waals surface area contributed by atoms with Crippen LogP contribution in [0.25, 0.3) is 0 Å². The fourth-order valence-electron chi connectivity index (χ4n) is 3.51. The molecule has 7 heteroatoms. The number of nitrogens with two attached hydrogens (primary N) is 1. The van der Waals surface area contributed by atoms with Crippen LogP contribution in [-0.2, 0) is 11.2 Å². The summed E-state index contributed by atoms with van der Waals surface area (Å²) in [7, 11) is 0. The highest BCUT2D eigenvalue weighted by Gasteiger charge is 2.28. The second kappa shape index (κ2) is 8.47. The van der Waals surface area contributed by atoms with Crippen LogP contribution in [-0.4, -0.2) is 48.5 Å². The van der Waals surface area contributed by atoms with E-state index in [4.69, 9.17) is 10.5 Å². The topological polar surface area (TPSA) is 93.4 Å². The molecule has 1 saturated heterocycles. The molecule has 0 aromatic carbocycles. The number of carbonyl (C=O) groups is 1. The number of fused-ring (bicyclic) bond motifs is 1. The monoisotopic (exact) mass is 347 g/mol. The Labute approximate surface area is 149 Å². The van der Waals surface area contributed by atoms with Crippen molar-refractivity contribution in [3.05, 3.63) is 5.56 Å². The third-order valence-corrected chi connectivity index (χ3v) is 5.03. The van der Waals surface area contributed by atoms with Crippen LogP contribution in [0, 0.1) is 5.92 Å². The van der Waals surface area contributed by atoms with Gasteiger partial charge in [0.1, 0.15) is 11.6 Å². The standard InChI is InChI=1S/C18H29N5O2/c1-2-3-10-25-18-21-16(19)15-11-14(24)12-23(17(15)22-18)9-6-13-4-7-20-8-5-13/h13,20H,2-12H2,1H3,(H2,19,21,22). The minimum Gasteiger partial charge on any atom is -0.463 e. The molecule has 0 spiro atoms. The average molecular weight is 347 g/mol. The van der Waals surface area contributed by atoms with E-state index >= 15 is 0 Å². The van der Waals surface area contributed by atoms with Gasteiger partial charge in [0.15, 0.2) is 5.78 Å². The molecule has 0 unspecified atom stereocenters. The predicted octanol–water partition coefficient (Wildman–Crippen LogP) is 1.56. The number of nitrogens with zero attached hydrogens (tertiary/aromatic N) is 3. The van der Waals surface area contributed by atoms with Crippen LogP contribution in [0.5, 0.6) is 6.01 Å². The fourth-order valence-corrected chi connectivity index (χ4v) is 3.51. The lowest BCUT2D eigenvalue weighted by atomic mass is 9.94. The van der Waals surface area contributed by atoms with Gasteiger partial charge in [0.25, 0.3) is 0 Å². The van der Waals surface area contributed by atoms with Crippen molar-refractivity contribution in [3.63, 3.8) is 0 Å². The van der Waals surface area contributed by atoms with Gasteiger partial charge in [0.05, 0.1) is 13.2 Å². The summed E-state index contributed by atoms with van der Waals surface area (Å²) in [4.78, 5) is 23.0. The van der Waals surface area contributed by atoms with Gasteiger partial charge in [0.2, 0.25) is 0 Å². The van der Waals surface area contributed by atoms with Gasteiger partial charge in [-0.1, -0.05) is 13.3 Å². The number of aromatic nitrogens is 2. The number of rotatable bonds is 7. The zero-order valence-corrected chi connectivity index (χ0v) is 15.1. The third-order valence-electron chi connectivity index (χ3n) is 5.03.